The molecule has 0 aliphatic heterocycles. The summed E-state index contributed by atoms with van der Waals surface area (Å²) < 4.78 is 5.63. The minimum absolute atomic E-state index is 0.0162. The quantitative estimate of drug-likeness (QED) is 0.382. The van der Waals surface area contributed by atoms with Gasteiger partial charge in [-0.2, -0.15) is 0 Å². The first-order valence-corrected chi connectivity index (χ1v) is 11.5. The Bertz CT molecular complexity index is 1250. The highest BCUT2D eigenvalue weighted by molar-refractivity contribution is 7.17. The van der Waals surface area contributed by atoms with Gasteiger partial charge in [0.1, 0.15) is 10.8 Å². The summed E-state index contributed by atoms with van der Waals surface area (Å²) in [5, 5.41) is 14.5. The lowest BCUT2D eigenvalue weighted by Crippen LogP contribution is -2.27. The molecule has 0 radical (unpaired) electrons. The van der Waals surface area contributed by atoms with Crippen LogP contribution in [0, 0.1) is 21.4 Å². The second kappa shape index (κ2) is 8.47. The zero-order valence-electron chi connectivity index (χ0n) is 18.6. The summed E-state index contributed by atoms with van der Waals surface area (Å²) in [4.78, 5) is 37.0. The van der Waals surface area contributed by atoms with Gasteiger partial charge in [0.05, 0.1) is 16.1 Å². The summed E-state index contributed by atoms with van der Waals surface area (Å²) in [5.41, 5.74) is 7.26. The van der Waals surface area contributed by atoms with Gasteiger partial charge in [-0.3, -0.25) is 19.7 Å². The Kier molecular flexibility index (Phi) is 5.84. The molecule has 9 heteroatoms. The first-order chi connectivity index (χ1) is 15.6. The van der Waals surface area contributed by atoms with Crippen molar-refractivity contribution in [3.63, 3.8) is 0 Å². The van der Waals surface area contributed by atoms with Crippen molar-refractivity contribution in [2.75, 3.05) is 5.32 Å². The molecular weight excluding hydrogens is 442 g/mol. The highest BCUT2D eigenvalue weighted by atomic mass is 32.1. The predicted molar refractivity (Wildman–Crippen MR) is 127 cm³/mol. The van der Waals surface area contributed by atoms with Crippen LogP contribution in [-0.4, -0.2) is 16.7 Å². The molecule has 0 saturated carbocycles. The second-order valence-electron chi connectivity index (χ2n) is 9.27. The Labute approximate surface area is 194 Å². The van der Waals surface area contributed by atoms with Gasteiger partial charge in [-0.15, -0.1) is 11.3 Å². The fraction of sp³-hybridized carbons (Fsp3) is 0.333. The summed E-state index contributed by atoms with van der Waals surface area (Å²) in [6, 6.07) is 9.12. The Morgan fingerprint density at radius 1 is 1.21 bits per heavy atom. The lowest BCUT2D eigenvalue weighted by molar-refractivity contribution is -0.384. The van der Waals surface area contributed by atoms with Crippen molar-refractivity contribution < 1.29 is 18.9 Å². The first-order valence-electron chi connectivity index (χ1n) is 10.7. The number of hydrogen-bond donors (Lipinski definition) is 2. The van der Waals surface area contributed by atoms with E-state index in [1.807, 2.05) is 0 Å². The number of fused-ring (bicyclic) bond motifs is 1. The number of benzene rings is 1. The fourth-order valence-electron chi connectivity index (χ4n) is 4.28. The molecule has 3 N–H and O–H groups in total. The number of primary amides is 1. The summed E-state index contributed by atoms with van der Waals surface area (Å²) in [5.74, 6) is -0.453. The van der Waals surface area contributed by atoms with Crippen molar-refractivity contribution >= 4 is 33.8 Å². The van der Waals surface area contributed by atoms with Crippen LogP contribution in [0.2, 0.25) is 0 Å². The second-order valence-corrected chi connectivity index (χ2v) is 10.4. The van der Waals surface area contributed by atoms with Crippen LogP contribution >= 0.6 is 11.3 Å². The summed E-state index contributed by atoms with van der Waals surface area (Å²) in [6.07, 6.45) is 2.53. The van der Waals surface area contributed by atoms with Gasteiger partial charge < -0.3 is 15.5 Å². The number of carbonyl (C=O) groups excluding carboxylic acids is 2. The maximum atomic E-state index is 12.9. The number of anilines is 1. The maximum Gasteiger partial charge on any atom is 0.292 e. The predicted octanol–water partition coefficient (Wildman–Crippen LogP) is 5.42. The number of nitrogens with two attached hydrogens (primary N) is 1. The Balaban J connectivity index is 1.61. The average Bonchev–Trinajstić information content (AvgIpc) is 3.37. The number of furan rings is 1. The molecule has 0 saturated heterocycles. The van der Waals surface area contributed by atoms with E-state index in [9.17, 15) is 19.7 Å². The fourth-order valence-corrected chi connectivity index (χ4v) is 5.61. The Hall–Kier alpha value is -3.46. The summed E-state index contributed by atoms with van der Waals surface area (Å²) >= 11 is 1.38. The summed E-state index contributed by atoms with van der Waals surface area (Å²) in [6.45, 7) is 6.62. The molecule has 3 aromatic rings. The van der Waals surface area contributed by atoms with Crippen LogP contribution in [0.15, 0.2) is 40.8 Å². The van der Waals surface area contributed by atoms with E-state index in [-0.39, 0.29) is 28.2 Å². The van der Waals surface area contributed by atoms with Crippen molar-refractivity contribution in [3.8, 4) is 11.3 Å². The maximum absolute atomic E-state index is 12.9. The Morgan fingerprint density at radius 2 is 1.94 bits per heavy atom. The van der Waals surface area contributed by atoms with Crippen molar-refractivity contribution in [2.45, 2.75) is 40.0 Å². The van der Waals surface area contributed by atoms with E-state index >= 15 is 0 Å². The topological polar surface area (TPSA) is 128 Å². The zero-order valence-corrected chi connectivity index (χ0v) is 19.5. The van der Waals surface area contributed by atoms with E-state index in [1.54, 1.807) is 18.2 Å². The van der Waals surface area contributed by atoms with Gasteiger partial charge in [0.25, 0.3) is 17.5 Å². The number of para-hydroxylation sites is 1. The van der Waals surface area contributed by atoms with E-state index in [0.717, 1.165) is 29.7 Å². The number of nitro groups is 1. The van der Waals surface area contributed by atoms with Gasteiger partial charge in [0.15, 0.2) is 5.76 Å². The van der Waals surface area contributed by atoms with Gasteiger partial charge >= 0.3 is 0 Å². The molecule has 1 aliphatic carbocycles. The van der Waals surface area contributed by atoms with Gasteiger partial charge in [-0.05, 0) is 54.4 Å². The molecule has 172 valence electrons. The molecule has 4 rings (SSSR count). The number of rotatable bonds is 5. The van der Waals surface area contributed by atoms with Crippen molar-refractivity contribution in [2.24, 2.45) is 17.1 Å². The van der Waals surface area contributed by atoms with Crippen LogP contribution < -0.4 is 11.1 Å². The molecule has 1 aromatic carbocycles. The smallest absolute Gasteiger partial charge is 0.292 e. The van der Waals surface area contributed by atoms with E-state index in [0.29, 0.717) is 16.5 Å². The van der Waals surface area contributed by atoms with Crippen LogP contribution in [0.4, 0.5) is 10.7 Å². The number of nitrogens with one attached hydrogen (secondary N) is 1. The molecule has 0 bridgehead atoms. The molecular formula is C24H25N3O5S. The highest BCUT2D eigenvalue weighted by Gasteiger charge is 2.33. The lowest BCUT2D eigenvalue weighted by Gasteiger charge is -2.33. The van der Waals surface area contributed by atoms with Gasteiger partial charge in [0, 0.05) is 10.9 Å². The minimum Gasteiger partial charge on any atom is -0.451 e. The van der Waals surface area contributed by atoms with E-state index in [1.165, 1.54) is 29.5 Å². The average molecular weight is 468 g/mol. The lowest BCUT2D eigenvalue weighted by atomic mass is 9.72. The van der Waals surface area contributed by atoms with Gasteiger partial charge in [-0.25, -0.2) is 0 Å². The molecule has 2 aromatic heterocycles. The third kappa shape index (κ3) is 4.41. The zero-order chi connectivity index (χ0) is 23.9. The van der Waals surface area contributed by atoms with Crippen LogP contribution in [0.3, 0.4) is 0 Å². The number of thiophene rings is 1. The summed E-state index contributed by atoms with van der Waals surface area (Å²) in [7, 11) is 0. The van der Waals surface area contributed by atoms with Crippen LogP contribution in [0.5, 0.6) is 0 Å². The van der Waals surface area contributed by atoms with Crippen molar-refractivity contribution in [1.82, 2.24) is 0 Å². The molecule has 8 nitrogen and oxygen atoms in total. The van der Waals surface area contributed by atoms with Gasteiger partial charge in [0.2, 0.25) is 0 Å². The van der Waals surface area contributed by atoms with Gasteiger partial charge in [-0.1, -0.05) is 32.9 Å². The number of carbonyl (C=O) groups is 2. The van der Waals surface area contributed by atoms with E-state index in [2.05, 4.69) is 26.1 Å². The van der Waals surface area contributed by atoms with E-state index in [4.69, 9.17) is 10.2 Å². The largest absolute Gasteiger partial charge is 0.451 e. The number of hydrogen-bond acceptors (Lipinski definition) is 6. The molecule has 1 aliphatic rings. The molecule has 2 heterocycles. The highest BCUT2D eigenvalue weighted by Crippen LogP contribution is 2.44. The third-order valence-corrected chi connectivity index (χ3v) is 7.33. The first kappa shape index (κ1) is 22.7. The van der Waals surface area contributed by atoms with Crippen molar-refractivity contribution in [1.29, 1.82) is 0 Å². The monoisotopic (exact) mass is 467 g/mol. The van der Waals surface area contributed by atoms with E-state index < -0.39 is 16.7 Å². The van der Waals surface area contributed by atoms with Crippen LogP contribution in [-0.2, 0) is 12.8 Å². The third-order valence-electron chi connectivity index (χ3n) is 6.16. The Morgan fingerprint density at radius 3 is 2.61 bits per heavy atom. The number of amides is 2. The van der Waals surface area contributed by atoms with Crippen LogP contribution in [0.25, 0.3) is 11.3 Å². The molecule has 0 fully saturated rings. The standard InChI is InChI=1S/C24H25N3O5S/c1-24(2,3)13-8-9-15-19(12-13)33-23(20(15)21(25)28)26-22(29)18-11-10-17(32-18)14-6-4-5-7-16(14)27(30)31/h4-7,10-11,13H,8-9,12H2,1-3H3,(H2,25,28)(H,26,29)/t13-/m0/s1. The number of nitro benzene ring substituents is 1. The molecule has 1 atom stereocenters. The van der Waals surface area contributed by atoms with Crippen LogP contribution in [0.1, 0.15) is 58.5 Å². The molecule has 0 spiro atoms. The molecule has 2 amide bonds. The normalized spacial score (nSPS) is 15.7. The minimum atomic E-state index is -0.572. The molecule has 33 heavy (non-hydrogen) atoms. The SMILES string of the molecule is CC(C)(C)[C@H]1CCc2c(sc(NC(=O)c3ccc(-c4ccccc4[N+](=O)[O-])o3)c2C(N)=O)C1. The number of nitrogens with zero attached hydrogens (tertiary/aromatic N) is 1. The van der Waals surface area contributed by atoms with Crippen molar-refractivity contribution in [3.05, 3.63) is 68.3 Å². The molecule has 0 unspecified atom stereocenters.